The zero-order chi connectivity index (χ0) is 17.6. The molecule has 2 N–H and O–H groups in total. The van der Waals surface area contributed by atoms with E-state index >= 15 is 0 Å². The molecule has 2 aliphatic heterocycles. The maximum absolute atomic E-state index is 13.1. The maximum Gasteiger partial charge on any atom is 0.223 e. The molecule has 3 unspecified atom stereocenters. The molecule has 0 spiro atoms. The highest BCUT2D eigenvalue weighted by atomic mass is 16.5. The molecule has 138 valence electrons. The average Bonchev–Trinajstić information content (AvgIpc) is 2.68. The number of hydrogen-bond donors (Lipinski definition) is 2. The third-order valence-electron chi connectivity index (χ3n) is 5.70. The average molecular weight is 345 g/mol. The summed E-state index contributed by atoms with van der Waals surface area (Å²) in [6, 6.07) is 8.09. The Balaban J connectivity index is 1.70. The molecule has 1 aromatic carbocycles. The molecule has 2 fully saturated rings. The van der Waals surface area contributed by atoms with Crippen molar-refractivity contribution in [2.45, 2.75) is 32.2 Å². The standard InChI is InChI=1S/C20H31N3O2/c1-15(16-6-5-9-21-13-16)12-20(24)23-11-10-22-14-18(23)17-7-3-4-8-19(17)25-2/h3-4,7-8,15-16,18,21-22H,5-6,9-14H2,1-2H3. The lowest BCUT2D eigenvalue weighted by atomic mass is 9.85. The Kier molecular flexibility index (Phi) is 6.32. The van der Waals surface area contributed by atoms with Crippen molar-refractivity contribution in [3.8, 4) is 5.75 Å². The molecule has 0 bridgehead atoms. The van der Waals surface area contributed by atoms with Crippen molar-refractivity contribution >= 4 is 5.91 Å². The van der Waals surface area contributed by atoms with Gasteiger partial charge in [0.1, 0.15) is 5.75 Å². The molecule has 3 atom stereocenters. The second-order valence-corrected chi connectivity index (χ2v) is 7.34. The van der Waals surface area contributed by atoms with Gasteiger partial charge < -0.3 is 20.3 Å². The van der Waals surface area contributed by atoms with Crippen LogP contribution in [-0.4, -0.2) is 50.6 Å². The molecular weight excluding hydrogens is 314 g/mol. The predicted molar refractivity (Wildman–Crippen MR) is 99.7 cm³/mol. The van der Waals surface area contributed by atoms with Crippen molar-refractivity contribution in [1.82, 2.24) is 15.5 Å². The van der Waals surface area contributed by atoms with Gasteiger partial charge in [-0.05, 0) is 43.8 Å². The summed E-state index contributed by atoms with van der Waals surface area (Å²) in [7, 11) is 1.69. The molecule has 0 saturated carbocycles. The number of amides is 1. The van der Waals surface area contributed by atoms with Crippen molar-refractivity contribution in [2.75, 3.05) is 39.8 Å². The smallest absolute Gasteiger partial charge is 0.223 e. The first-order chi connectivity index (χ1) is 12.2. The summed E-state index contributed by atoms with van der Waals surface area (Å²) >= 11 is 0. The number of carbonyl (C=O) groups is 1. The van der Waals surface area contributed by atoms with E-state index in [2.05, 4.69) is 28.5 Å². The Labute approximate surface area is 151 Å². The number of ether oxygens (including phenoxy) is 1. The third kappa shape index (κ3) is 4.33. The van der Waals surface area contributed by atoms with Gasteiger partial charge in [-0.3, -0.25) is 4.79 Å². The van der Waals surface area contributed by atoms with Crippen molar-refractivity contribution in [1.29, 1.82) is 0 Å². The van der Waals surface area contributed by atoms with E-state index in [0.717, 1.165) is 44.0 Å². The first-order valence-electron chi connectivity index (χ1n) is 9.54. The molecule has 2 heterocycles. The number of carbonyl (C=O) groups excluding carboxylic acids is 1. The van der Waals surface area contributed by atoms with Gasteiger partial charge in [0.05, 0.1) is 13.2 Å². The van der Waals surface area contributed by atoms with Crippen LogP contribution < -0.4 is 15.4 Å². The van der Waals surface area contributed by atoms with Gasteiger partial charge in [-0.25, -0.2) is 0 Å². The largest absolute Gasteiger partial charge is 0.496 e. The Morgan fingerprint density at radius 1 is 1.28 bits per heavy atom. The minimum absolute atomic E-state index is 0.0501. The van der Waals surface area contributed by atoms with Crippen molar-refractivity contribution in [2.24, 2.45) is 11.8 Å². The van der Waals surface area contributed by atoms with Crippen LogP contribution >= 0.6 is 0 Å². The Morgan fingerprint density at radius 2 is 2.08 bits per heavy atom. The lowest BCUT2D eigenvalue weighted by molar-refractivity contribution is -0.136. The summed E-state index contributed by atoms with van der Waals surface area (Å²) in [6.07, 6.45) is 3.09. The summed E-state index contributed by atoms with van der Waals surface area (Å²) in [4.78, 5) is 15.1. The lowest BCUT2D eigenvalue weighted by Crippen LogP contribution is -2.49. The predicted octanol–water partition coefficient (Wildman–Crippen LogP) is 2.19. The molecule has 2 saturated heterocycles. The van der Waals surface area contributed by atoms with Crippen LogP contribution in [-0.2, 0) is 4.79 Å². The molecule has 5 heteroatoms. The van der Waals surface area contributed by atoms with Crippen molar-refractivity contribution < 1.29 is 9.53 Å². The van der Waals surface area contributed by atoms with Crippen LogP contribution in [0.5, 0.6) is 5.75 Å². The molecular formula is C20H31N3O2. The van der Waals surface area contributed by atoms with Gasteiger partial charge in [-0.2, -0.15) is 0 Å². The third-order valence-corrected chi connectivity index (χ3v) is 5.70. The summed E-state index contributed by atoms with van der Waals surface area (Å²) < 4.78 is 5.53. The minimum Gasteiger partial charge on any atom is -0.496 e. The summed E-state index contributed by atoms with van der Waals surface area (Å²) in [5.74, 6) is 2.17. The van der Waals surface area contributed by atoms with E-state index in [1.165, 1.54) is 12.8 Å². The number of benzene rings is 1. The molecule has 0 aromatic heterocycles. The molecule has 2 aliphatic rings. The van der Waals surface area contributed by atoms with Crippen LogP contribution in [0.2, 0.25) is 0 Å². The highest BCUT2D eigenvalue weighted by Crippen LogP contribution is 2.32. The van der Waals surface area contributed by atoms with Gasteiger partial charge in [0.2, 0.25) is 5.91 Å². The number of hydrogen-bond acceptors (Lipinski definition) is 4. The van der Waals surface area contributed by atoms with Gasteiger partial charge in [-0.1, -0.05) is 25.1 Å². The molecule has 5 nitrogen and oxygen atoms in total. The zero-order valence-corrected chi connectivity index (χ0v) is 15.5. The topological polar surface area (TPSA) is 53.6 Å². The van der Waals surface area contributed by atoms with E-state index in [1.807, 2.05) is 18.2 Å². The number of nitrogens with one attached hydrogen (secondary N) is 2. The van der Waals surface area contributed by atoms with E-state index in [0.29, 0.717) is 18.3 Å². The Morgan fingerprint density at radius 3 is 2.84 bits per heavy atom. The summed E-state index contributed by atoms with van der Waals surface area (Å²) in [5, 5.41) is 6.89. The fourth-order valence-electron chi connectivity index (χ4n) is 4.15. The van der Waals surface area contributed by atoms with E-state index in [9.17, 15) is 4.79 Å². The Hall–Kier alpha value is -1.59. The molecule has 0 radical (unpaired) electrons. The maximum atomic E-state index is 13.1. The van der Waals surface area contributed by atoms with Crippen LogP contribution in [0.4, 0.5) is 0 Å². The number of para-hydroxylation sites is 1. The van der Waals surface area contributed by atoms with Gasteiger partial charge in [0, 0.05) is 31.6 Å². The van der Waals surface area contributed by atoms with Crippen LogP contribution in [0.25, 0.3) is 0 Å². The monoisotopic (exact) mass is 345 g/mol. The fraction of sp³-hybridized carbons (Fsp3) is 0.650. The SMILES string of the molecule is COc1ccccc1C1CNCCN1C(=O)CC(C)C1CCCNC1. The molecule has 1 amide bonds. The van der Waals surface area contributed by atoms with E-state index in [1.54, 1.807) is 7.11 Å². The minimum atomic E-state index is 0.0501. The number of rotatable bonds is 5. The number of piperazine rings is 1. The van der Waals surface area contributed by atoms with Crippen LogP contribution in [0.1, 0.15) is 37.8 Å². The van der Waals surface area contributed by atoms with Gasteiger partial charge in [-0.15, -0.1) is 0 Å². The van der Waals surface area contributed by atoms with Gasteiger partial charge >= 0.3 is 0 Å². The van der Waals surface area contributed by atoms with Gasteiger partial charge in [0.15, 0.2) is 0 Å². The van der Waals surface area contributed by atoms with Crippen LogP contribution in [0, 0.1) is 11.8 Å². The summed E-state index contributed by atoms with van der Waals surface area (Å²) in [5.41, 5.74) is 1.09. The second kappa shape index (κ2) is 8.68. The summed E-state index contributed by atoms with van der Waals surface area (Å²) in [6.45, 7) is 6.80. The first-order valence-corrected chi connectivity index (χ1v) is 9.54. The Bertz CT molecular complexity index is 572. The number of nitrogens with zero attached hydrogens (tertiary/aromatic N) is 1. The van der Waals surface area contributed by atoms with E-state index in [-0.39, 0.29) is 11.9 Å². The van der Waals surface area contributed by atoms with Gasteiger partial charge in [0.25, 0.3) is 0 Å². The molecule has 0 aliphatic carbocycles. The fourth-order valence-corrected chi connectivity index (χ4v) is 4.15. The van der Waals surface area contributed by atoms with E-state index < -0.39 is 0 Å². The lowest BCUT2D eigenvalue weighted by Gasteiger charge is -2.38. The van der Waals surface area contributed by atoms with Crippen molar-refractivity contribution in [3.05, 3.63) is 29.8 Å². The normalized spacial score (nSPS) is 25.4. The molecule has 25 heavy (non-hydrogen) atoms. The highest BCUT2D eigenvalue weighted by Gasteiger charge is 2.31. The van der Waals surface area contributed by atoms with Crippen LogP contribution in [0.15, 0.2) is 24.3 Å². The zero-order valence-electron chi connectivity index (χ0n) is 15.5. The first kappa shape index (κ1) is 18.2. The van der Waals surface area contributed by atoms with E-state index in [4.69, 9.17) is 4.74 Å². The number of methoxy groups -OCH3 is 1. The number of piperidine rings is 1. The quantitative estimate of drug-likeness (QED) is 0.859. The van der Waals surface area contributed by atoms with Crippen molar-refractivity contribution in [3.63, 3.8) is 0 Å². The molecule has 1 aromatic rings. The van der Waals surface area contributed by atoms with Crippen LogP contribution in [0.3, 0.4) is 0 Å². The molecule has 3 rings (SSSR count). The highest BCUT2D eigenvalue weighted by molar-refractivity contribution is 5.77. The second-order valence-electron chi connectivity index (χ2n) is 7.34.